The SMILES string of the molecule is CC(=O)NC(N)=Nc1ccc(CCNC(=O)Nc2cc(C(F)(F)F)ccc2OCC2CCCN2)cc1. The zero-order valence-electron chi connectivity index (χ0n) is 19.7. The highest BCUT2D eigenvalue weighted by Crippen LogP contribution is 2.35. The number of benzene rings is 2. The summed E-state index contributed by atoms with van der Waals surface area (Å²) >= 11 is 0. The summed E-state index contributed by atoms with van der Waals surface area (Å²) in [6.07, 6.45) is -2.16. The third kappa shape index (κ3) is 8.45. The maximum Gasteiger partial charge on any atom is 0.416 e. The lowest BCUT2D eigenvalue weighted by Crippen LogP contribution is -2.34. The van der Waals surface area contributed by atoms with Crippen LogP contribution in [0.15, 0.2) is 47.5 Å². The van der Waals surface area contributed by atoms with Crippen LogP contribution in [0.1, 0.15) is 30.9 Å². The number of rotatable bonds is 8. The summed E-state index contributed by atoms with van der Waals surface area (Å²) in [5.41, 5.74) is 6.10. The van der Waals surface area contributed by atoms with Crippen molar-refractivity contribution in [2.75, 3.05) is 25.0 Å². The molecule has 194 valence electrons. The lowest BCUT2D eigenvalue weighted by molar-refractivity contribution is -0.137. The summed E-state index contributed by atoms with van der Waals surface area (Å²) in [6, 6.07) is 9.46. The van der Waals surface area contributed by atoms with E-state index in [2.05, 4.69) is 26.3 Å². The van der Waals surface area contributed by atoms with E-state index < -0.39 is 17.8 Å². The molecule has 1 fully saturated rings. The summed E-state index contributed by atoms with van der Waals surface area (Å²) in [6.45, 7) is 2.72. The van der Waals surface area contributed by atoms with E-state index in [0.29, 0.717) is 12.1 Å². The molecule has 12 heteroatoms. The monoisotopic (exact) mass is 506 g/mol. The van der Waals surface area contributed by atoms with Crippen LogP contribution in [-0.4, -0.2) is 43.6 Å². The van der Waals surface area contributed by atoms with E-state index in [1.54, 1.807) is 24.3 Å². The average Bonchev–Trinajstić information content (AvgIpc) is 3.32. The van der Waals surface area contributed by atoms with Gasteiger partial charge >= 0.3 is 12.2 Å². The smallest absolute Gasteiger partial charge is 0.416 e. The van der Waals surface area contributed by atoms with Crippen LogP contribution in [0.5, 0.6) is 5.75 Å². The van der Waals surface area contributed by atoms with Crippen LogP contribution in [0.3, 0.4) is 0 Å². The van der Waals surface area contributed by atoms with Crippen molar-refractivity contribution in [2.24, 2.45) is 10.7 Å². The van der Waals surface area contributed by atoms with E-state index in [-0.39, 0.29) is 42.5 Å². The molecule has 6 N–H and O–H groups in total. The Labute approximate surface area is 206 Å². The third-order valence-electron chi connectivity index (χ3n) is 5.35. The van der Waals surface area contributed by atoms with Gasteiger partial charge in [-0.2, -0.15) is 13.2 Å². The number of anilines is 1. The molecule has 0 aromatic heterocycles. The molecule has 0 bridgehead atoms. The Bertz CT molecular complexity index is 1080. The minimum absolute atomic E-state index is 0.0222. The Morgan fingerprint density at radius 3 is 2.58 bits per heavy atom. The molecule has 1 atom stereocenters. The van der Waals surface area contributed by atoms with Gasteiger partial charge in [-0.1, -0.05) is 12.1 Å². The molecule has 9 nitrogen and oxygen atoms in total. The van der Waals surface area contributed by atoms with Crippen LogP contribution in [0, 0.1) is 0 Å². The number of nitrogens with one attached hydrogen (secondary N) is 4. The van der Waals surface area contributed by atoms with Crippen LogP contribution >= 0.6 is 0 Å². The first-order valence-corrected chi connectivity index (χ1v) is 11.4. The van der Waals surface area contributed by atoms with Gasteiger partial charge < -0.3 is 26.4 Å². The Hall–Kier alpha value is -3.80. The first-order chi connectivity index (χ1) is 17.1. The van der Waals surface area contributed by atoms with Crippen molar-refractivity contribution in [3.63, 3.8) is 0 Å². The van der Waals surface area contributed by atoms with Gasteiger partial charge in [0.2, 0.25) is 11.9 Å². The number of aliphatic imine (C=N–C) groups is 1. The highest BCUT2D eigenvalue weighted by Gasteiger charge is 2.31. The molecule has 1 aliphatic rings. The lowest BCUT2D eigenvalue weighted by atomic mass is 10.1. The number of urea groups is 1. The predicted octanol–water partition coefficient (Wildman–Crippen LogP) is 3.28. The number of ether oxygens (including phenoxy) is 1. The molecule has 1 unspecified atom stereocenters. The summed E-state index contributed by atoms with van der Waals surface area (Å²) in [5, 5.41) is 10.7. The molecule has 0 aliphatic carbocycles. The van der Waals surface area contributed by atoms with E-state index in [4.69, 9.17) is 10.5 Å². The number of halogens is 3. The fraction of sp³-hybridized carbons (Fsp3) is 0.375. The van der Waals surface area contributed by atoms with Crippen molar-refractivity contribution in [3.05, 3.63) is 53.6 Å². The summed E-state index contributed by atoms with van der Waals surface area (Å²) in [4.78, 5) is 27.4. The molecular weight excluding hydrogens is 477 g/mol. The first-order valence-electron chi connectivity index (χ1n) is 11.4. The van der Waals surface area contributed by atoms with Crippen molar-refractivity contribution in [3.8, 4) is 5.75 Å². The number of nitrogens with two attached hydrogens (primary N) is 1. The van der Waals surface area contributed by atoms with E-state index >= 15 is 0 Å². The second-order valence-electron chi connectivity index (χ2n) is 8.29. The van der Waals surface area contributed by atoms with Gasteiger partial charge in [-0.25, -0.2) is 9.79 Å². The van der Waals surface area contributed by atoms with Crippen molar-refractivity contribution in [1.29, 1.82) is 0 Å². The molecule has 3 amide bonds. The van der Waals surface area contributed by atoms with E-state index in [1.807, 2.05) is 0 Å². The van der Waals surface area contributed by atoms with Gasteiger partial charge in [-0.3, -0.25) is 10.1 Å². The standard InChI is InChI=1S/C24H29F3N6O3/c1-15(34)31-22(28)32-18-7-4-16(5-8-18)10-12-30-23(35)33-20-13-17(24(25,26)27)6-9-21(20)36-14-19-3-2-11-29-19/h4-9,13,19,29H,2-3,10-12,14H2,1H3,(H2,30,33,35)(H3,28,31,32,34). The van der Waals surface area contributed by atoms with Crippen LogP contribution in [0.4, 0.5) is 29.3 Å². The Balaban J connectivity index is 1.56. The number of alkyl halides is 3. The molecule has 0 saturated carbocycles. The van der Waals surface area contributed by atoms with Crippen LogP contribution in [-0.2, 0) is 17.4 Å². The molecule has 1 aliphatic heterocycles. The maximum atomic E-state index is 13.2. The van der Waals surface area contributed by atoms with E-state index in [0.717, 1.165) is 37.1 Å². The molecule has 2 aromatic carbocycles. The first kappa shape index (κ1) is 26.8. The second kappa shape index (κ2) is 12.2. The fourth-order valence-electron chi connectivity index (χ4n) is 3.59. The van der Waals surface area contributed by atoms with Gasteiger partial charge in [0.25, 0.3) is 0 Å². The molecule has 1 heterocycles. The zero-order valence-corrected chi connectivity index (χ0v) is 19.7. The Morgan fingerprint density at radius 2 is 1.94 bits per heavy atom. The number of amides is 3. The van der Waals surface area contributed by atoms with Crippen molar-refractivity contribution in [1.82, 2.24) is 16.0 Å². The minimum Gasteiger partial charge on any atom is -0.490 e. The van der Waals surface area contributed by atoms with E-state index in [1.165, 1.54) is 13.0 Å². The zero-order chi connectivity index (χ0) is 26.1. The van der Waals surface area contributed by atoms with E-state index in [9.17, 15) is 22.8 Å². The molecule has 36 heavy (non-hydrogen) atoms. The van der Waals surface area contributed by atoms with Crippen LogP contribution < -0.4 is 31.7 Å². The number of carbonyl (C=O) groups excluding carboxylic acids is 2. The molecule has 1 saturated heterocycles. The van der Waals surface area contributed by atoms with Gasteiger partial charge in [0.15, 0.2) is 0 Å². The molecule has 3 rings (SSSR count). The van der Waals surface area contributed by atoms with Crippen LogP contribution in [0.25, 0.3) is 0 Å². The minimum atomic E-state index is -4.55. The summed E-state index contributed by atoms with van der Waals surface area (Å²) in [7, 11) is 0. The summed E-state index contributed by atoms with van der Waals surface area (Å²) < 4.78 is 45.3. The topological polar surface area (TPSA) is 130 Å². The number of hydrogen-bond donors (Lipinski definition) is 5. The van der Waals surface area contributed by atoms with Gasteiger partial charge in [0.05, 0.1) is 16.9 Å². The molecule has 0 spiro atoms. The maximum absolute atomic E-state index is 13.2. The Morgan fingerprint density at radius 1 is 1.19 bits per heavy atom. The third-order valence-corrected chi connectivity index (χ3v) is 5.35. The Kier molecular flexibility index (Phi) is 9.12. The lowest BCUT2D eigenvalue weighted by Gasteiger charge is -2.17. The number of hydrogen-bond acceptors (Lipinski definition) is 5. The molecule has 2 aromatic rings. The number of carbonyl (C=O) groups is 2. The van der Waals surface area contributed by atoms with Gasteiger partial charge in [0, 0.05) is 19.5 Å². The molecule has 0 radical (unpaired) electrons. The fourth-order valence-corrected chi connectivity index (χ4v) is 3.59. The van der Waals surface area contributed by atoms with Crippen LogP contribution in [0.2, 0.25) is 0 Å². The number of nitrogens with zero attached hydrogens (tertiary/aromatic N) is 1. The van der Waals surface area contributed by atoms with Gasteiger partial charge in [-0.05, 0) is 61.7 Å². The van der Waals surface area contributed by atoms with Crippen molar-refractivity contribution >= 4 is 29.3 Å². The van der Waals surface area contributed by atoms with Gasteiger partial charge in [-0.15, -0.1) is 0 Å². The van der Waals surface area contributed by atoms with Gasteiger partial charge in [0.1, 0.15) is 12.4 Å². The van der Waals surface area contributed by atoms with Crippen molar-refractivity contribution < 1.29 is 27.5 Å². The largest absolute Gasteiger partial charge is 0.490 e. The average molecular weight is 507 g/mol. The highest BCUT2D eigenvalue weighted by atomic mass is 19.4. The number of guanidine groups is 1. The summed E-state index contributed by atoms with van der Waals surface area (Å²) in [5.74, 6) is -0.181. The second-order valence-corrected chi connectivity index (χ2v) is 8.29. The quantitative estimate of drug-likeness (QED) is 0.277. The highest BCUT2D eigenvalue weighted by molar-refractivity contribution is 5.96. The molecular formula is C24H29F3N6O3. The predicted molar refractivity (Wildman–Crippen MR) is 130 cm³/mol. The normalized spacial score (nSPS) is 15.9. The van der Waals surface area contributed by atoms with Crippen molar-refractivity contribution in [2.45, 2.75) is 38.4 Å².